The van der Waals surface area contributed by atoms with E-state index in [0.29, 0.717) is 0 Å². The van der Waals surface area contributed by atoms with E-state index in [-0.39, 0.29) is 12.2 Å². The minimum atomic E-state index is -0.529. The summed E-state index contributed by atoms with van der Waals surface area (Å²) in [6, 6.07) is 5.80. The van der Waals surface area contributed by atoms with Crippen LogP contribution in [-0.4, -0.2) is 20.3 Å². The largest absolute Gasteiger partial charge is 0.345 e. The van der Waals surface area contributed by atoms with Crippen LogP contribution in [0.3, 0.4) is 0 Å². The van der Waals surface area contributed by atoms with Gasteiger partial charge in [-0.1, -0.05) is 12.1 Å². The number of aromatic nitrogens is 3. The van der Waals surface area contributed by atoms with E-state index >= 15 is 0 Å². The van der Waals surface area contributed by atoms with Gasteiger partial charge >= 0.3 is 5.69 Å². The molecular weight excluding hydrogens is 239 g/mol. The van der Waals surface area contributed by atoms with Crippen molar-refractivity contribution in [2.24, 2.45) is 7.05 Å². The van der Waals surface area contributed by atoms with Crippen LogP contribution in [0.15, 0.2) is 35.4 Å². The molecule has 6 nitrogen and oxygen atoms in total. The molecule has 0 aliphatic rings. The first-order chi connectivity index (χ1) is 8.58. The molecule has 2 aromatic rings. The van der Waals surface area contributed by atoms with Gasteiger partial charge < -0.3 is 5.32 Å². The van der Waals surface area contributed by atoms with Gasteiger partial charge in [-0.3, -0.25) is 9.36 Å². The average Bonchev–Trinajstić information content (AvgIpc) is 2.64. The average molecular weight is 250 g/mol. The van der Waals surface area contributed by atoms with Gasteiger partial charge in [-0.2, -0.15) is 5.10 Å². The minimum absolute atomic E-state index is 0.0754. The third kappa shape index (κ3) is 2.45. The van der Waals surface area contributed by atoms with Gasteiger partial charge in [0.15, 0.2) is 0 Å². The van der Waals surface area contributed by atoms with Gasteiger partial charge in [-0.05, 0) is 12.1 Å². The standard InChI is InChI=1S/C11H11FN4O2/c1-15-7-13-16(11(15)18)6-10(17)14-9-5-3-2-4-8(9)12/h2-5,7H,6H2,1H3,(H,14,17). The Bertz CT molecular complexity index is 632. The molecule has 1 aromatic heterocycles. The van der Waals surface area contributed by atoms with Crippen LogP contribution < -0.4 is 11.0 Å². The molecule has 0 spiro atoms. The Balaban J connectivity index is 2.08. The highest BCUT2D eigenvalue weighted by Gasteiger charge is 2.09. The summed E-state index contributed by atoms with van der Waals surface area (Å²) < 4.78 is 15.5. The van der Waals surface area contributed by atoms with Gasteiger partial charge in [0.2, 0.25) is 5.91 Å². The number of carbonyl (C=O) groups is 1. The smallest absolute Gasteiger partial charge is 0.322 e. The fourth-order valence-corrected chi connectivity index (χ4v) is 1.42. The highest BCUT2D eigenvalue weighted by molar-refractivity contribution is 5.90. The number of hydrogen-bond acceptors (Lipinski definition) is 3. The van der Waals surface area contributed by atoms with Gasteiger partial charge in [0.05, 0.1) is 5.69 Å². The van der Waals surface area contributed by atoms with Gasteiger partial charge in [0.25, 0.3) is 0 Å². The summed E-state index contributed by atoms with van der Waals surface area (Å²) in [6.07, 6.45) is 1.30. The Morgan fingerprint density at radius 2 is 2.17 bits per heavy atom. The molecule has 0 aliphatic carbocycles. The maximum Gasteiger partial charge on any atom is 0.345 e. The predicted molar refractivity (Wildman–Crippen MR) is 62.5 cm³/mol. The van der Waals surface area contributed by atoms with E-state index in [0.717, 1.165) is 4.68 Å². The van der Waals surface area contributed by atoms with Crippen LogP contribution >= 0.6 is 0 Å². The highest BCUT2D eigenvalue weighted by Crippen LogP contribution is 2.11. The molecule has 0 saturated carbocycles. The number of rotatable bonds is 3. The number of anilines is 1. The molecular formula is C11H11FN4O2. The summed E-state index contributed by atoms with van der Waals surface area (Å²) in [5.41, 5.74) is -0.329. The van der Waals surface area contributed by atoms with E-state index in [1.807, 2.05) is 0 Å². The lowest BCUT2D eigenvalue weighted by molar-refractivity contribution is -0.117. The lowest BCUT2D eigenvalue weighted by Crippen LogP contribution is -2.29. The summed E-state index contributed by atoms with van der Waals surface area (Å²) in [7, 11) is 1.53. The van der Waals surface area contributed by atoms with Crippen LogP contribution in [0.4, 0.5) is 10.1 Å². The van der Waals surface area contributed by atoms with E-state index in [1.165, 1.54) is 36.1 Å². The van der Waals surface area contributed by atoms with Gasteiger partial charge in [0.1, 0.15) is 18.7 Å². The summed E-state index contributed by atoms with van der Waals surface area (Å²) in [4.78, 5) is 23.0. The Labute approximate surface area is 102 Å². The Morgan fingerprint density at radius 1 is 1.44 bits per heavy atom. The molecule has 0 saturated heterocycles. The number of halogens is 1. The quantitative estimate of drug-likeness (QED) is 0.855. The molecule has 1 aromatic carbocycles. The molecule has 94 valence electrons. The van der Waals surface area contributed by atoms with E-state index in [2.05, 4.69) is 10.4 Å². The summed E-state index contributed by atoms with van der Waals surface area (Å²) in [5.74, 6) is -1.04. The first-order valence-corrected chi connectivity index (χ1v) is 5.21. The van der Waals surface area contributed by atoms with Crippen LogP contribution in [0.2, 0.25) is 0 Å². The number of aryl methyl sites for hydroxylation is 1. The zero-order valence-corrected chi connectivity index (χ0v) is 9.63. The number of nitrogens with one attached hydrogen (secondary N) is 1. The second kappa shape index (κ2) is 4.82. The van der Waals surface area contributed by atoms with Gasteiger partial charge in [-0.15, -0.1) is 0 Å². The maximum absolute atomic E-state index is 13.3. The van der Waals surface area contributed by atoms with Crippen LogP contribution in [-0.2, 0) is 18.4 Å². The molecule has 7 heteroatoms. The van der Waals surface area contributed by atoms with Crippen molar-refractivity contribution >= 4 is 11.6 Å². The number of benzene rings is 1. The summed E-state index contributed by atoms with van der Waals surface area (Å²) in [5, 5.41) is 6.10. The summed E-state index contributed by atoms with van der Waals surface area (Å²) >= 11 is 0. The number of para-hydroxylation sites is 1. The van der Waals surface area contributed by atoms with Crippen molar-refractivity contribution in [3.63, 3.8) is 0 Å². The van der Waals surface area contributed by atoms with E-state index in [9.17, 15) is 14.0 Å². The first-order valence-electron chi connectivity index (χ1n) is 5.21. The van der Waals surface area contributed by atoms with Crippen LogP contribution in [0.5, 0.6) is 0 Å². The number of hydrogen-bond donors (Lipinski definition) is 1. The molecule has 0 unspecified atom stereocenters. The molecule has 0 fully saturated rings. The SMILES string of the molecule is Cn1cnn(CC(=O)Nc2ccccc2F)c1=O. The van der Waals surface area contributed by atoms with Crippen molar-refractivity contribution in [1.82, 2.24) is 14.3 Å². The van der Waals surface area contributed by atoms with E-state index in [4.69, 9.17) is 0 Å². The van der Waals surface area contributed by atoms with E-state index in [1.54, 1.807) is 6.07 Å². The van der Waals surface area contributed by atoms with Crippen LogP contribution in [0.25, 0.3) is 0 Å². The molecule has 0 radical (unpaired) electrons. The minimum Gasteiger partial charge on any atom is -0.322 e. The van der Waals surface area contributed by atoms with Gasteiger partial charge in [0, 0.05) is 7.05 Å². The number of nitrogens with zero attached hydrogens (tertiary/aromatic N) is 3. The Hall–Kier alpha value is -2.44. The maximum atomic E-state index is 13.3. The van der Waals surface area contributed by atoms with Gasteiger partial charge in [-0.25, -0.2) is 13.9 Å². The molecule has 1 N–H and O–H groups in total. The molecule has 0 atom stereocenters. The Kier molecular flexibility index (Phi) is 3.22. The molecule has 0 aliphatic heterocycles. The molecule has 1 amide bonds. The first kappa shape index (κ1) is 12.0. The molecule has 2 rings (SSSR count). The highest BCUT2D eigenvalue weighted by atomic mass is 19.1. The van der Waals surface area contributed by atoms with Crippen molar-refractivity contribution in [1.29, 1.82) is 0 Å². The molecule has 0 bridgehead atoms. The van der Waals surface area contributed by atoms with Crippen molar-refractivity contribution in [2.75, 3.05) is 5.32 Å². The van der Waals surface area contributed by atoms with Crippen LogP contribution in [0, 0.1) is 5.82 Å². The topological polar surface area (TPSA) is 68.9 Å². The fourth-order valence-electron chi connectivity index (χ4n) is 1.42. The van der Waals surface area contributed by atoms with Crippen LogP contribution in [0.1, 0.15) is 0 Å². The monoisotopic (exact) mass is 250 g/mol. The Morgan fingerprint density at radius 3 is 2.78 bits per heavy atom. The second-order valence-corrected chi connectivity index (χ2v) is 3.71. The second-order valence-electron chi connectivity index (χ2n) is 3.71. The van der Waals surface area contributed by atoms with Crippen molar-refractivity contribution in [3.8, 4) is 0 Å². The molecule has 18 heavy (non-hydrogen) atoms. The number of carbonyl (C=O) groups excluding carboxylic acids is 1. The lowest BCUT2D eigenvalue weighted by Gasteiger charge is -2.05. The summed E-state index contributed by atoms with van der Waals surface area (Å²) in [6.45, 7) is -0.256. The number of amides is 1. The lowest BCUT2D eigenvalue weighted by atomic mass is 10.3. The van der Waals surface area contributed by atoms with Crippen molar-refractivity contribution in [2.45, 2.75) is 6.54 Å². The zero-order chi connectivity index (χ0) is 13.1. The van der Waals surface area contributed by atoms with Crippen molar-refractivity contribution < 1.29 is 9.18 Å². The zero-order valence-electron chi connectivity index (χ0n) is 9.63. The molecule has 1 heterocycles. The third-order valence-electron chi connectivity index (χ3n) is 2.33. The van der Waals surface area contributed by atoms with Crippen molar-refractivity contribution in [3.05, 3.63) is 46.9 Å². The fraction of sp³-hybridized carbons (Fsp3) is 0.182. The third-order valence-corrected chi connectivity index (χ3v) is 2.33. The normalized spacial score (nSPS) is 10.3. The predicted octanol–water partition coefficient (Wildman–Crippen LogP) is 0.360. The van der Waals surface area contributed by atoms with E-state index < -0.39 is 17.4 Å².